The van der Waals surface area contributed by atoms with E-state index in [4.69, 9.17) is 21.1 Å². The summed E-state index contributed by atoms with van der Waals surface area (Å²) in [6.07, 6.45) is 7.94. The number of likely N-dealkylation sites (tertiary alicyclic amines) is 1. The van der Waals surface area contributed by atoms with E-state index in [1.54, 1.807) is 24.1 Å². The van der Waals surface area contributed by atoms with Crippen LogP contribution in [0.5, 0.6) is 5.75 Å². The number of nitrogens with zero attached hydrogens (tertiary/aromatic N) is 4. The van der Waals surface area contributed by atoms with Crippen molar-refractivity contribution in [1.29, 1.82) is 0 Å². The first-order chi connectivity index (χ1) is 26.5. The number of rotatable bonds is 7. The monoisotopic (exact) mass is 819 g/mol. The maximum Gasteiger partial charge on any atom is 0.303 e. The van der Waals surface area contributed by atoms with E-state index >= 15 is 0 Å². The maximum atomic E-state index is 13.9. The average Bonchev–Trinajstić information content (AvgIpc) is 3.26. The number of halogens is 3. The highest BCUT2D eigenvalue weighted by Gasteiger charge is 2.48. The van der Waals surface area contributed by atoms with Gasteiger partial charge in [0.15, 0.2) is 5.60 Å². The molecular formula is C40H52ClF2N5O7S. The number of nitrogens with one attached hydrogen (secondary N) is 1. The summed E-state index contributed by atoms with van der Waals surface area (Å²) >= 11 is 6.47. The largest absolute Gasteiger partial charge is 0.490 e. The molecule has 2 fully saturated rings. The number of ether oxygens (including phenoxy) is 2. The summed E-state index contributed by atoms with van der Waals surface area (Å²) in [5.74, 6) is -3.63. The van der Waals surface area contributed by atoms with Crippen molar-refractivity contribution >= 4 is 39.3 Å². The lowest BCUT2D eigenvalue weighted by atomic mass is 9.68. The Morgan fingerprint density at radius 2 is 1.93 bits per heavy atom. The van der Waals surface area contributed by atoms with Gasteiger partial charge in [0.1, 0.15) is 5.75 Å². The summed E-state index contributed by atoms with van der Waals surface area (Å²) in [6.45, 7) is 1.96. The third-order valence-electron chi connectivity index (χ3n) is 12.4. The molecule has 2 bridgehead atoms. The first kappa shape index (κ1) is 40.8. The first-order valence-corrected chi connectivity index (χ1v) is 21.2. The van der Waals surface area contributed by atoms with Gasteiger partial charge in [0.25, 0.3) is 11.8 Å². The van der Waals surface area contributed by atoms with Crippen LogP contribution in [0.15, 0.2) is 48.6 Å². The van der Waals surface area contributed by atoms with Gasteiger partial charge in [-0.15, -0.1) is 0 Å². The van der Waals surface area contributed by atoms with Crippen molar-refractivity contribution in [3.8, 4) is 5.75 Å². The van der Waals surface area contributed by atoms with Crippen molar-refractivity contribution in [3.63, 3.8) is 0 Å². The second kappa shape index (κ2) is 15.8. The number of anilines is 1. The van der Waals surface area contributed by atoms with Crippen LogP contribution in [-0.4, -0.2) is 125 Å². The molecule has 306 valence electrons. The average molecular weight is 820 g/mol. The normalized spacial score (nSPS) is 29.4. The van der Waals surface area contributed by atoms with E-state index in [0.717, 1.165) is 42.0 Å². The van der Waals surface area contributed by atoms with Crippen LogP contribution in [0.25, 0.3) is 0 Å². The van der Waals surface area contributed by atoms with Crippen molar-refractivity contribution in [2.75, 3.05) is 78.5 Å². The van der Waals surface area contributed by atoms with Gasteiger partial charge >= 0.3 is 10.2 Å². The number of aliphatic hydroxyl groups is 1. The summed E-state index contributed by atoms with van der Waals surface area (Å²) in [5, 5.41) is 13.0. The summed E-state index contributed by atoms with van der Waals surface area (Å²) in [7, 11) is -0.249. The van der Waals surface area contributed by atoms with Gasteiger partial charge in [0.05, 0.1) is 44.5 Å². The lowest BCUT2D eigenvalue weighted by molar-refractivity contribution is -0.148. The number of benzene rings is 2. The predicted octanol–water partition coefficient (Wildman–Crippen LogP) is 4.09. The minimum absolute atomic E-state index is 0.0553. The van der Waals surface area contributed by atoms with E-state index in [0.29, 0.717) is 55.7 Å². The van der Waals surface area contributed by atoms with E-state index in [1.807, 2.05) is 29.0 Å². The van der Waals surface area contributed by atoms with Gasteiger partial charge in [-0.3, -0.25) is 14.5 Å². The van der Waals surface area contributed by atoms with Crippen molar-refractivity contribution < 1.29 is 41.4 Å². The third-order valence-corrected chi connectivity index (χ3v) is 14.0. The number of hydrogen-bond acceptors (Lipinski definition) is 9. The SMILES string of the molecule is CN1CCC=CC(OCCN2CC(F)(F)C2)C2CCC2CN2CC3(CCCc4cc(Cl)ccc43)COc3ccc(cc32)C(O)(C(=O)NS(=O)(=O)N(C)C)CC1=O. The Morgan fingerprint density at radius 1 is 1.14 bits per heavy atom. The zero-order chi connectivity index (χ0) is 40.0. The van der Waals surface area contributed by atoms with E-state index in [9.17, 15) is 31.9 Å². The number of hydrogen-bond donors (Lipinski definition) is 2. The molecule has 2 N–H and O–H groups in total. The van der Waals surface area contributed by atoms with Crippen LogP contribution in [0.2, 0.25) is 5.02 Å². The summed E-state index contributed by atoms with van der Waals surface area (Å²) in [4.78, 5) is 33.0. The predicted molar refractivity (Wildman–Crippen MR) is 208 cm³/mol. The fourth-order valence-corrected chi connectivity index (χ4v) is 9.68. The highest BCUT2D eigenvalue weighted by molar-refractivity contribution is 7.87. The Labute approximate surface area is 332 Å². The van der Waals surface area contributed by atoms with E-state index in [2.05, 4.69) is 11.0 Å². The second-order valence-electron chi connectivity index (χ2n) is 16.5. The lowest BCUT2D eigenvalue weighted by Crippen LogP contribution is -2.57. The van der Waals surface area contributed by atoms with Gasteiger partial charge in [-0.1, -0.05) is 35.9 Å². The van der Waals surface area contributed by atoms with Crippen LogP contribution in [0.1, 0.15) is 55.2 Å². The Bertz CT molecular complexity index is 1960. The molecule has 2 aromatic rings. The number of fused-ring (bicyclic) bond motifs is 4. The van der Waals surface area contributed by atoms with Crippen molar-refractivity contribution in [1.82, 2.24) is 18.8 Å². The van der Waals surface area contributed by atoms with Gasteiger partial charge < -0.3 is 24.4 Å². The molecule has 5 atom stereocenters. The van der Waals surface area contributed by atoms with E-state index < -0.39 is 45.4 Å². The first-order valence-electron chi connectivity index (χ1n) is 19.4. The fraction of sp³-hybridized carbons (Fsp3) is 0.600. The van der Waals surface area contributed by atoms with Gasteiger partial charge in [-0.05, 0) is 91.3 Å². The minimum atomic E-state index is -4.33. The zero-order valence-electron chi connectivity index (χ0n) is 32.2. The fourth-order valence-electron chi connectivity index (χ4n) is 8.90. The third kappa shape index (κ3) is 8.30. The minimum Gasteiger partial charge on any atom is -0.490 e. The molecule has 0 radical (unpaired) electrons. The molecule has 3 heterocycles. The van der Waals surface area contributed by atoms with Gasteiger partial charge in [-0.2, -0.15) is 12.7 Å². The van der Waals surface area contributed by atoms with Crippen molar-refractivity contribution in [2.45, 2.75) is 68.0 Å². The summed E-state index contributed by atoms with van der Waals surface area (Å²) in [6, 6.07) is 10.9. The Hall–Kier alpha value is -3.34. The zero-order valence-corrected chi connectivity index (χ0v) is 33.8. The molecule has 0 aromatic heterocycles. The Morgan fingerprint density at radius 3 is 2.64 bits per heavy atom. The number of carbonyl (C=O) groups excluding carboxylic acids is 2. The molecule has 5 aliphatic rings. The molecule has 1 spiro atoms. The molecule has 2 aromatic carbocycles. The maximum absolute atomic E-state index is 13.9. The van der Waals surface area contributed by atoms with Crippen LogP contribution in [0, 0.1) is 11.8 Å². The van der Waals surface area contributed by atoms with Gasteiger partial charge in [0, 0.05) is 57.8 Å². The molecule has 2 amide bonds. The summed E-state index contributed by atoms with van der Waals surface area (Å²) < 4.78 is 68.7. The van der Waals surface area contributed by atoms with Crippen LogP contribution >= 0.6 is 11.6 Å². The Balaban J connectivity index is 1.28. The molecule has 7 rings (SSSR count). The molecule has 5 unspecified atom stereocenters. The van der Waals surface area contributed by atoms with Crippen molar-refractivity contribution in [3.05, 3.63) is 70.3 Å². The summed E-state index contributed by atoms with van der Waals surface area (Å²) in [5.41, 5.74) is 0.0334. The Kier molecular flexibility index (Phi) is 11.5. The number of aryl methyl sites for hydroxylation is 1. The number of amides is 2. The van der Waals surface area contributed by atoms with Crippen LogP contribution in [0.4, 0.5) is 14.5 Å². The molecule has 12 nitrogen and oxygen atoms in total. The molecule has 56 heavy (non-hydrogen) atoms. The standard InChI is InChI=1S/C40H52ClF2N5O7S/c1-45(2)56(52,53)44-37(50)40(51)21-36(49)46(3)16-5-4-8-34(54-18-17-47-24-39(42,43)25-47)31-12-9-28(31)22-48-23-38(26-55-35-14-10-29(40)20-33(35)48)15-6-7-27-19-30(41)11-13-32(27)38/h4,8,10-11,13-14,19-20,28,31,34,51H,5-7,9,12,15-18,21-26H2,1-3H3,(H,44,50). The van der Waals surface area contributed by atoms with Crippen LogP contribution in [0.3, 0.4) is 0 Å². The molecule has 1 saturated carbocycles. The molecule has 3 aliphatic heterocycles. The quantitative estimate of drug-likeness (QED) is 0.397. The highest BCUT2D eigenvalue weighted by Crippen LogP contribution is 2.48. The molecule has 2 aliphatic carbocycles. The van der Waals surface area contributed by atoms with Gasteiger partial charge in [-0.25, -0.2) is 13.5 Å². The number of carbonyl (C=O) groups is 2. The lowest BCUT2D eigenvalue weighted by Gasteiger charge is -2.46. The second-order valence-corrected chi connectivity index (χ2v) is 18.8. The highest BCUT2D eigenvalue weighted by atomic mass is 35.5. The number of alkyl halides is 2. The van der Waals surface area contributed by atoms with Crippen LogP contribution < -0.4 is 14.4 Å². The molecule has 1 saturated heterocycles. The topological polar surface area (TPSA) is 132 Å². The van der Waals surface area contributed by atoms with Crippen molar-refractivity contribution in [2.24, 2.45) is 11.8 Å². The van der Waals surface area contributed by atoms with Crippen LogP contribution in [-0.2, 0) is 42.0 Å². The smallest absolute Gasteiger partial charge is 0.303 e. The molecular weight excluding hydrogens is 768 g/mol. The van der Waals surface area contributed by atoms with E-state index in [1.165, 1.54) is 30.6 Å². The van der Waals surface area contributed by atoms with Gasteiger partial charge in [0.2, 0.25) is 5.91 Å². The van der Waals surface area contributed by atoms with E-state index in [-0.39, 0.29) is 43.1 Å². The molecule has 16 heteroatoms.